The molecular weight excluding hydrogens is 440 g/mol. The standard InChI is InChI=1S/C23H18F4N4O2/c1-28-22-12-6-15(26)14(25)5-11(12)21-19(30-22)8-33-9-20(21)31(2)23(32)18-4-10-3-13(24)16(27)7-17(10)29-18/h3-7,20,29H,8-9H2,1-2H3,(H,28,30)/t20-/m0/s1. The number of hydrogen-bond donors (Lipinski definition) is 2. The number of amides is 1. The number of H-pyrrole nitrogens is 1. The Morgan fingerprint density at radius 3 is 2.45 bits per heavy atom. The molecule has 2 N–H and O–H groups in total. The van der Waals surface area contributed by atoms with Gasteiger partial charge in [-0.05, 0) is 29.7 Å². The van der Waals surface area contributed by atoms with Crippen molar-refractivity contribution in [2.75, 3.05) is 26.0 Å². The number of aromatic nitrogens is 2. The quantitative estimate of drug-likeness (QED) is 0.439. The summed E-state index contributed by atoms with van der Waals surface area (Å²) in [6.45, 7) is 0.246. The van der Waals surface area contributed by atoms with Gasteiger partial charge in [0.25, 0.3) is 5.91 Å². The van der Waals surface area contributed by atoms with Gasteiger partial charge in [-0.3, -0.25) is 4.79 Å². The number of benzene rings is 2. The summed E-state index contributed by atoms with van der Waals surface area (Å²) in [6.07, 6.45) is 0. The highest BCUT2D eigenvalue weighted by Gasteiger charge is 2.32. The maximum Gasteiger partial charge on any atom is 0.270 e. The minimum atomic E-state index is -1.03. The van der Waals surface area contributed by atoms with Gasteiger partial charge < -0.3 is 19.9 Å². The first-order valence-electron chi connectivity index (χ1n) is 10.1. The molecule has 1 atom stereocenters. The van der Waals surface area contributed by atoms with Crippen LogP contribution in [-0.4, -0.2) is 41.5 Å². The molecule has 2 aromatic carbocycles. The molecule has 0 spiro atoms. The van der Waals surface area contributed by atoms with Crippen LogP contribution < -0.4 is 5.32 Å². The number of fused-ring (bicyclic) bond motifs is 4. The number of ether oxygens (including phenoxy) is 1. The number of hydrogen-bond acceptors (Lipinski definition) is 4. The van der Waals surface area contributed by atoms with Crippen molar-refractivity contribution in [1.82, 2.24) is 14.9 Å². The summed E-state index contributed by atoms with van der Waals surface area (Å²) in [5.74, 6) is -4.18. The number of carbonyl (C=O) groups is 1. The molecule has 0 fully saturated rings. The number of halogens is 4. The second kappa shape index (κ2) is 7.73. The predicted octanol–water partition coefficient (Wildman–Crippen LogP) is 4.66. The number of carbonyl (C=O) groups excluding carboxylic acids is 1. The molecular formula is C23H18F4N4O2. The van der Waals surface area contributed by atoms with Crippen LogP contribution in [-0.2, 0) is 11.3 Å². The third-order valence-corrected chi connectivity index (χ3v) is 5.93. The zero-order valence-corrected chi connectivity index (χ0v) is 17.6. The Hall–Kier alpha value is -3.66. The van der Waals surface area contributed by atoms with Crippen LogP contribution in [0.25, 0.3) is 21.7 Å². The number of pyridine rings is 1. The van der Waals surface area contributed by atoms with Crippen LogP contribution in [0.3, 0.4) is 0 Å². The van der Waals surface area contributed by atoms with E-state index in [4.69, 9.17) is 4.74 Å². The molecule has 170 valence electrons. The van der Waals surface area contributed by atoms with Crippen molar-refractivity contribution >= 4 is 33.4 Å². The molecule has 1 aliphatic heterocycles. The number of nitrogens with zero attached hydrogens (tertiary/aromatic N) is 2. The fourth-order valence-electron chi connectivity index (χ4n) is 4.28. The van der Waals surface area contributed by atoms with Crippen LogP contribution in [0.2, 0.25) is 0 Å². The first kappa shape index (κ1) is 21.2. The molecule has 2 aromatic heterocycles. The molecule has 10 heteroatoms. The smallest absolute Gasteiger partial charge is 0.270 e. The molecule has 1 aliphatic rings. The van der Waals surface area contributed by atoms with E-state index in [2.05, 4.69) is 15.3 Å². The topological polar surface area (TPSA) is 70.2 Å². The summed E-state index contributed by atoms with van der Waals surface area (Å²) in [5.41, 5.74) is 1.44. The first-order valence-corrected chi connectivity index (χ1v) is 10.1. The molecule has 33 heavy (non-hydrogen) atoms. The molecule has 0 saturated heterocycles. The fourth-order valence-corrected chi connectivity index (χ4v) is 4.28. The van der Waals surface area contributed by atoms with Gasteiger partial charge in [-0.2, -0.15) is 0 Å². The summed E-state index contributed by atoms with van der Waals surface area (Å²) >= 11 is 0. The highest BCUT2D eigenvalue weighted by molar-refractivity contribution is 5.99. The monoisotopic (exact) mass is 458 g/mol. The number of anilines is 1. The Morgan fingerprint density at radius 1 is 1.06 bits per heavy atom. The van der Waals surface area contributed by atoms with Crippen molar-refractivity contribution < 1.29 is 27.1 Å². The van der Waals surface area contributed by atoms with Crippen molar-refractivity contribution in [2.24, 2.45) is 0 Å². The second-order valence-corrected chi connectivity index (χ2v) is 7.87. The maximum absolute atomic E-state index is 14.2. The van der Waals surface area contributed by atoms with Gasteiger partial charge in [-0.15, -0.1) is 0 Å². The highest BCUT2D eigenvalue weighted by Crippen LogP contribution is 2.38. The normalized spacial score (nSPS) is 15.6. The third-order valence-electron chi connectivity index (χ3n) is 5.93. The Bertz CT molecular complexity index is 1400. The Balaban J connectivity index is 1.61. The average molecular weight is 458 g/mol. The Morgan fingerprint density at radius 2 is 1.73 bits per heavy atom. The van der Waals surface area contributed by atoms with E-state index in [1.807, 2.05) is 0 Å². The van der Waals surface area contributed by atoms with Gasteiger partial charge >= 0.3 is 0 Å². The molecule has 0 unspecified atom stereocenters. The van der Waals surface area contributed by atoms with E-state index in [1.54, 1.807) is 7.05 Å². The van der Waals surface area contributed by atoms with E-state index in [9.17, 15) is 22.4 Å². The first-order chi connectivity index (χ1) is 15.8. The molecule has 0 radical (unpaired) electrons. The Labute approximate surface area is 185 Å². The predicted molar refractivity (Wildman–Crippen MR) is 114 cm³/mol. The van der Waals surface area contributed by atoms with E-state index in [0.717, 1.165) is 24.3 Å². The summed E-state index contributed by atoms with van der Waals surface area (Å²) in [6, 6.07) is 4.92. The largest absolute Gasteiger partial charge is 0.373 e. The van der Waals surface area contributed by atoms with Gasteiger partial charge in [0.1, 0.15) is 11.5 Å². The molecule has 3 heterocycles. The number of rotatable bonds is 3. The lowest BCUT2D eigenvalue weighted by molar-refractivity contribution is 0.0334. The van der Waals surface area contributed by atoms with Crippen LogP contribution in [0.5, 0.6) is 0 Å². The fraction of sp³-hybridized carbons (Fsp3) is 0.217. The van der Waals surface area contributed by atoms with Crippen molar-refractivity contribution in [1.29, 1.82) is 0 Å². The van der Waals surface area contributed by atoms with Gasteiger partial charge in [-0.1, -0.05) is 0 Å². The second-order valence-electron chi connectivity index (χ2n) is 7.87. The molecule has 5 rings (SSSR count). The minimum absolute atomic E-state index is 0.105. The van der Waals surface area contributed by atoms with Crippen LogP contribution in [0.4, 0.5) is 23.4 Å². The zero-order valence-electron chi connectivity index (χ0n) is 17.6. The number of aromatic amines is 1. The molecule has 6 nitrogen and oxygen atoms in total. The van der Waals surface area contributed by atoms with Crippen molar-refractivity contribution in [3.8, 4) is 0 Å². The molecule has 0 saturated carbocycles. The molecule has 0 aliphatic carbocycles. The van der Waals surface area contributed by atoms with Crippen molar-refractivity contribution in [3.05, 3.63) is 70.6 Å². The van der Waals surface area contributed by atoms with E-state index >= 15 is 0 Å². The highest BCUT2D eigenvalue weighted by atomic mass is 19.2. The minimum Gasteiger partial charge on any atom is -0.373 e. The summed E-state index contributed by atoms with van der Waals surface area (Å²) in [4.78, 5) is 21.9. The van der Waals surface area contributed by atoms with Gasteiger partial charge in [0.05, 0.1) is 24.9 Å². The zero-order chi connectivity index (χ0) is 23.4. The lowest BCUT2D eigenvalue weighted by atomic mass is 9.94. The van der Waals surface area contributed by atoms with Gasteiger partial charge in [0, 0.05) is 42.0 Å². The SMILES string of the molecule is CNc1nc2c(c3cc(F)c(F)cc13)[C@@H](N(C)C(=O)c1cc3cc(F)c(F)cc3[nH]1)COC2. The molecule has 1 amide bonds. The van der Waals surface area contributed by atoms with Gasteiger partial charge in [0.15, 0.2) is 23.3 Å². The van der Waals surface area contributed by atoms with Gasteiger partial charge in [-0.25, -0.2) is 22.5 Å². The average Bonchev–Trinajstić information content (AvgIpc) is 3.20. The van der Waals surface area contributed by atoms with E-state index in [1.165, 1.54) is 18.0 Å². The van der Waals surface area contributed by atoms with Crippen molar-refractivity contribution in [2.45, 2.75) is 12.6 Å². The lowest BCUT2D eigenvalue weighted by Gasteiger charge is -2.33. The molecule has 0 bridgehead atoms. The summed E-state index contributed by atoms with van der Waals surface area (Å²) in [5, 5.41) is 4.01. The number of likely N-dealkylation sites (N-methyl/N-ethyl adjacent to an activating group) is 1. The molecule has 4 aromatic rings. The lowest BCUT2D eigenvalue weighted by Crippen LogP contribution is -2.37. The van der Waals surface area contributed by atoms with Gasteiger partial charge in [0.2, 0.25) is 0 Å². The van der Waals surface area contributed by atoms with Crippen LogP contribution in [0.15, 0.2) is 30.3 Å². The summed E-state index contributed by atoms with van der Waals surface area (Å²) < 4.78 is 61.0. The van der Waals surface area contributed by atoms with Crippen molar-refractivity contribution in [3.63, 3.8) is 0 Å². The third kappa shape index (κ3) is 3.37. The van der Waals surface area contributed by atoms with E-state index in [0.29, 0.717) is 33.2 Å². The van der Waals surface area contributed by atoms with Crippen LogP contribution >= 0.6 is 0 Å². The van der Waals surface area contributed by atoms with E-state index < -0.39 is 35.2 Å². The van der Waals surface area contributed by atoms with E-state index in [-0.39, 0.29) is 24.4 Å². The summed E-state index contributed by atoms with van der Waals surface area (Å²) in [7, 11) is 3.16. The number of nitrogens with one attached hydrogen (secondary N) is 2. The van der Waals surface area contributed by atoms with Crippen LogP contribution in [0, 0.1) is 23.3 Å². The maximum atomic E-state index is 14.2. The van der Waals surface area contributed by atoms with Crippen LogP contribution in [0.1, 0.15) is 27.8 Å². The Kier molecular flexibility index (Phi) is 4.97.